The summed E-state index contributed by atoms with van der Waals surface area (Å²) in [5, 5.41) is 2.34. The maximum absolute atomic E-state index is 13.4. The van der Waals surface area contributed by atoms with Crippen LogP contribution in [-0.4, -0.2) is 29.4 Å². The number of rotatable bonds is 3. The van der Waals surface area contributed by atoms with Crippen LogP contribution in [-0.2, 0) is 9.59 Å². The number of nitrogens with one attached hydrogen (secondary N) is 1. The molecule has 1 N–H and O–H groups in total. The highest BCUT2D eigenvalue weighted by Crippen LogP contribution is 2.45. The number of barbiturate groups is 1. The molecule has 2 aliphatic heterocycles. The Bertz CT molecular complexity index is 1270. The van der Waals surface area contributed by atoms with Gasteiger partial charge in [0.25, 0.3) is 11.8 Å². The van der Waals surface area contributed by atoms with Crippen LogP contribution in [0.4, 0.5) is 16.2 Å². The molecule has 0 radical (unpaired) electrons. The molecule has 0 spiro atoms. The van der Waals surface area contributed by atoms with Gasteiger partial charge in [-0.05, 0) is 119 Å². The summed E-state index contributed by atoms with van der Waals surface area (Å²) in [6.45, 7) is 17.1. The van der Waals surface area contributed by atoms with Crippen LogP contribution in [0.5, 0.6) is 0 Å². The fourth-order valence-corrected chi connectivity index (χ4v) is 5.66. The number of benzene rings is 2. The van der Waals surface area contributed by atoms with Crippen LogP contribution in [0.15, 0.2) is 35.9 Å². The first-order chi connectivity index (χ1) is 16.3. The predicted octanol–water partition coefficient (Wildman–Crippen LogP) is 5.78. The van der Waals surface area contributed by atoms with Crippen LogP contribution in [0.1, 0.15) is 74.8 Å². The molecule has 0 saturated carbocycles. The fraction of sp³-hybridized carbons (Fsp3) is 0.414. The number of carbonyl (C=O) groups excluding carboxylic acids is 3. The molecule has 0 unspecified atom stereocenters. The van der Waals surface area contributed by atoms with Gasteiger partial charge in [-0.3, -0.25) is 14.9 Å². The van der Waals surface area contributed by atoms with Crippen molar-refractivity contribution in [3.05, 3.63) is 63.7 Å². The van der Waals surface area contributed by atoms with Gasteiger partial charge in [0.15, 0.2) is 0 Å². The third-order valence-electron chi connectivity index (χ3n) is 7.33. The maximum atomic E-state index is 13.4. The van der Waals surface area contributed by atoms with Gasteiger partial charge in [0.05, 0.1) is 5.69 Å². The molecule has 2 aliphatic rings. The molecule has 1 atom stereocenters. The van der Waals surface area contributed by atoms with Crippen LogP contribution in [0, 0.1) is 20.8 Å². The Balaban J connectivity index is 1.79. The van der Waals surface area contributed by atoms with E-state index in [0.717, 1.165) is 33.6 Å². The molecular formula is C29H35N3O3. The van der Waals surface area contributed by atoms with Crippen molar-refractivity contribution in [1.29, 1.82) is 0 Å². The van der Waals surface area contributed by atoms with Crippen molar-refractivity contribution in [1.82, 2.24) is 5.32 Å². The number of carbonyl (C=O) groups is 3. The summed E-state index contributed by atoms with van der Waals surface area (Å²) in [6, 6.07) is 9.24. The van der Waals surface area contributed by atoms with E-state index >= 15 is 0 Å². The molecule has 0 bridgehead atoms. The first-order valence-electron chi connectivity index (χ1n) is 12.2. The lowest BCUT2D eigenvalue weighted by Gasteiger charge is -2.50. The van der Waals surface area contributed by atoms with E-state index < -0.39 is 17.8 Å². The molecule has 6 heteroatoms. The molecule has 2 aromatic rings. The van der Waals surface area contributed by atoms with Crippen molar-refractivity contribution in [3.8, 4) is 0 Å². The van der Waals surface area contributed by atoms with Crippen molar-refractivity contribution in [2.75, 3.05) is 9.80 Å². The minimum absolute atomic E-state index is 0.0270. The van der Waals surface area contributed by atoms with Crippen molar-refractivity contribution in [2.45, 2.75) is 79.3 Å². The monoisotopic (exact) mass is 473 g/mol. The van der Waals surface area contributed by atoms with Gasteiger partial charge >= 0.3 is 6.03 Å². The molecule has 1 fully saturated rings. The third kappa shape index (κ3) is 4.26. The van der Waals surface area contributed by atoms with Crippen molar-refractivity contribution >= 4 is 35.3 Å². The fourth-order valence-electron chi connectivity index (χ4n) is 5.66. The number of anilines is 2. The summed E-state index contributed by atoms with van der Waals surface area (Å²) < 4.78 is 0. The van der Waals surface area contributed by atoms with E-state index in [2.05, 4.69) is 57.0 Å². The summed E-state index contributed by atoms with van der Waals surface area (Å²) in [4.78, 5) is 42.3. The van der Waals surface area contributed by atoms with Gasteiger partial charge in [-0.2, -0.15) is 0 Å². The zero-order valence-corrected chi connectivity index (χ0v) is 21.9. The molecule has 6 nitrogen and oxygen atoms in total. The lowest BCUT2D eigenvalue weighted by atomic mass is 9.78. The van der Waals surface area contributed by atoms with Crippen LogP contribution in [0.3, 0.4) is 0 Å². The van der Waals surface area contributed by atoms with Crippen molar-refractivity contribution in [2.24, 2.45) is 0 Å². The molecule has 1 saturated heterocycles. The zero-order valence-electron chi connectivity index (χ0n) is 21.9. The molecular weight excluding hydrogens is 438 g/mol. The van der Waals surface area contributed by atoms with Crippen molar-refractivity contribution in [3.63, 3.8) is 0 Å². The first kappa shape index (κ1) is 24.7. The van der Waals surface area contributed by atoms with E-state index in [9.17, 15) is 14.4 Å². The standard InChI is InChI=1S/C29H35N3O3/c1-16(2)32-25-12-19(5)21(13-23(25)20(6)15-29(32,7)8)14-24-26(33)30-28(35)31(27(24)34)22-10-9-17(3)18(4)11-22/h9-14,16,20H,15H2,1-8H3,(H,30,33,35)/b24-14+/t20-/m1/s1. The van der Waals surface area contributed by atoms with Crippen LogP contribution in [0.2, 0.25) is 0 Å². The van der Waals surface area contributed by atoms with Gasteiger partial charge in [0.1, 0.15) is 5.57 Å². The lowest BCUT2D eigenvalue weighted by Crippen LogP contribution is -2.54. The topological polar surface area (TPSA) is 69.7 Å². The van der Waals surface area contributed by atoms with Gasteiger partial charge in [-0.15, -0.1) is 0 Å². The van der Waals surface area contributed by atoms with E-state index in [0.29, 0.717) is 17.6 Å². The highest BCUT2D eigenvalue weighted by atomic mass is 16.2. The summed E-state index contributed by atoms with van der Waals surface area (Å²) in [5.74, 6) is -0.954. The Kier molecular flexibility index (Phi) is 6.12. The summed E-state index contributed by atoms with van der Waals surface area (Å²) in [7, 11) is 0. The Hall–Kier alpha value is -3.41. The number of fused-ring (bicyclic) bond motifs is 1. The largest absolute Gasteiger partial charge is 0.364 e. The Labute approximate surface area is 208 Å². The summed E-state index contributed by atoms with van der Waals surface area (Å²) >= 11 is 0. The minimum atomic E-state index is -0.731. The molecule has 4 rings (SSSR count). The van der Waals surface area contributed by atoms with E-state index in [4.69, 9.17) is 0 Å². The van der Waals surface area contributed by atoms with E-state index in [1.54, 1.807) is 18.2 Å². The van der Waals surface area contributed by atoms with Crippen LogP contribution in [0.25, 0.3) is 6.08 Å². The third-order valence-corrected chi connectivity index (χ3v) is 7.33. The second kappa shape index (κ2) is 8.67. The molecule has 2 heterocycles. The first-order valence-corrected chi connectivity index (χ1v) is 12.2. The molecule has 35 heavy (non-hydrogen) atoms. The number of imide groups is 2. The van der Waals surface area contributed by atoms with Gasteiger partial charge in [0.2, 0.25) is 0 Å². The number of amides is 4. The second-order valence-electron chi connectivity index (χ2n) is 10.9. The number of hydrogen-bond acceptors (Lipinski definition) is 4. The maximum Gasteiger partial charge on any atom is 0.335 e. The Morgan fingerprint density at radius 1 is 1.00 bits per heavy atom. The van der Waals surface area contributed by atoms with Crippen molar-refractivity contribution < 1.29 is 14.4 Å². The van der Waals surface area contributed by atoms with Gasteiger partial charge in [0, 0.05) is 17.3 Å². The molecule has 184 valence electrons. The number of urea groups is 1. The smallest absolute Gasteiger partial charge is 0.335 e. The highest BCUT2D eigenvalue weighted by Gasteiger charge is 2.39. The number of hydrogen-bond donors (Lipinski definition) is 1. The van der Waals surface area contributed by atoms with Gasteiger partial charge in [-0.25, -0.2) is 9.69 Å². The molecule has 2 aromatic carbocycles. The molecule has 0 aromatic heterocycles. The summed E-state index contributed by atoms with van der Waals surface area (Å²) in [5.41, 5.74) is 6.64. The normalized spacial score (nSPS) is 21.0. The average molecular weight is 474 g/mol. The van der Waals surface area contributed by atoms with Crippen LogP contribution < -0.4 is 15.1 Å². The molecule has 4 amide bonds. The average Bonchev–Trinajstić information content (AvgIpc) is 2.73. The highest BCUT2D eigenvalue weighted by molar-refractivity contribution is 6.39. The SMILES string of the molecule is Cc1ccc(N2C(=O)NC(=O)/C(=C\c3cc4c(cc3C)N(C(C)C)C(C)(C)C[C@H]4C)C2=O)cc1C. The van der Waals surface area contributed by atoms with E-state index in [1.807, 2.05) is 26.8 Å². The van der Waals surface area contributed by atoms with E-state index in [1.165, 1.54) is 11.3 Å². The zero-order chi connectivity index (χ0) is 25.8. The summed E-state index contributed by atoms with van der Waals surface area (Å²) in [6.07, 6.45) is 2.63. The number of nitrogens with zero attached hydrogens (tertiary/aromatic N) is 2. The number of aryl methyl sites for hydroxylation is 3. The molecule has 0 aliphatic carbocycles. The van der Waals surface area contributed by atoms with Crippen LogP contribution >= 0.6 is 0 Å². The Morgan fingerprint density at radius 3 is 2.31 bits per heavy atom. The second-order valence-corrected chi connectivity index (χ2v) is 10.9. The predicted molar refractivity (Wildman–Crippen MR) is 141 cm³/mol. The Morgan fingerprint density at radius 2 is 1.69 bits per heavy atom. The minimum Gasteiger partial charge on any atom is -0.364 e. The van der Waals surface area contributed by atoms with Gasteiger partial charge in [-0.1, -0.05) is 13.0 Å². The van der Waals surface area contributed by atoms with Gasteiger partial charge < -0.3 is 4.90 Å². The van der Waals surface area contributed by atoms with E-state index in [-0.39, 0.29) is 11.1 Å². The lowest BCUT2D eigenvalue weighted by molar-refractivity contribution is -0.122. The quantitative estimate of drug-likeness (QED) is 0.453.